The monoisotopic (exact) mass is 404 g/mol. The maximum atomic E-state index is 13.0. The van der Waals surface area contributed by atoms with Crippen molar-refractivity contribution in [3.05, 3.63) is 88.5 Å². The number of hydrogen-bond donors (Lipinski definition) is 1. The number of nitrogens with zero attached hydrogens (tertiary/aromatic N) is 3. The molecule has 7 nitrogen and oxygen atoms in total. The number of carbonyl (C=O) groups is 1. The van der Waals surface area contributed by atoms with E-state index in [0.717, 1.165) is 21.2 Å². The fraction of sp³-hybridized carbons (Fsp3) is 0.0476. The molecule has 1 amide bonds. The molecular formula is C21H16N4O3S. The van der Waals surface area contributed by atoms with E-state index in [1.165, 1.54) is 12.3 Å². The summed E-state index contributed by atoms with van der Waals surface area (Å²) in [7, 11) is 0. The van der Waals surface area contributed by atoms with E-state index >= 15 is 0 Å². The van der Waals surface area contributed by atoms with Gasteiger partial charge in [-0.3, -0.25) is 19.8 Å². The lowest BCUT2D eigenvalue weighted by Gasteiger charge is -2.30. The first-order valence-corrected chi connectivity index (χ1v) is 9.65. The molecule has 3 aromatic carbocycles. The Morgan fingerprint density at radius 2 is 1.59 bits per heavy atom. The minimum absolute atomic E-state index is 0.0414. The Morgan fingerprint density at radius 1 is 1.00 bits per heavy atom. The van der Waals surface area contributed by atoms with Crippen molar-refractivity contribution in [2.45, 2.75) is 9.79 Å². The average Bonchev–Trinajstić information content (AvgIpc) is 2.75. The molecule has 0 saturated heterocycles. The Morgan fingerprint density at radius 3 is 2.24 bits per heavy atom. The van der Waals surface area contributed by atoms with Crippen LogP contribution in [0, 0.1) is 10.1 Å². The number of hydrazone groups is 1. The molecule has 29 heavy (non-hydrogen) atoms. The fourth-order valence-corrected chi connectivity index (χ4v) is 4.10. The molecule has 3 aromatic rings. The molecule has 0 radical (unpaired) electrons. The predicted octanol–water partition coefficient (Wildman–Crippen LogP) is 4.35. The first-order valence-electron chi connectivity index (χ1n) is 8.83. The number of nitro groups is 1. The Labute approximate surface area is 171 Å². The summed E-state index contributed by atoms with van der Waals surface area (Å²) in [6.07, 6.45) is 1.35. The fourth-order valence-electron chi connectivity index (χ4n) is 3.04. The highest BCUT2D eigenvalue weighted by Crippen LogP contribution is 2.47. The van der Waals surface area contributed by atoms with E-state index in [4.69, 9.17) is 0 Å². The van der Waals surface area contributed by atoms with Crippen LogP contribution in [0.25, 0.3) is 0 Å². The van der Waals surface area contributed by atoms with E-state index in [1.54, 1.807) is 34.9 Å². The number of nitro benzene ring substituents is 1. The summed E-state index contributed by atoms with van der Waals surface area (Å²) < 4.78 is 0. The van der Waals surface area contributed by atoms with Crippen molar-refractivity contribution >= 4 is 40.9 Å². The molecule has 0 aromatic heterocycles. The van der Waals surface area contributed by atoms with Crippen molar-refractivity contribution in [2.24, 2.45) is 5.10 Å². The third-order valence-corrected chi connectivity index (χ3v) is 5.47. The van der Waals surface area contributed by atoms with Gasteiger partial charge < -0.3 is 5.43 Å². The standard InChI is InChI=1S/C21H16N4O3S/c26-21(14-23-22-13-15-7-1-2-8-16(15)25(27)28)24-17-9-3-5-11-19(17)29-20-12-6-4-10-18(20)24/h1-13,23H,14H2/b22-13+. The van der Waals surface area contributed by atoms with Gasteiger partial charge in [0, 0.05) is 15.9 Å². The van der Waals surface area contributed by atoms with Crippen LogP contribution in [-0.4, -0.2) is 23.6 Å². The summed E-state index contributed by atoms with van der Waals surface area (Å²) in [6.45, 7) is -0.0511. The van der Waals surface area contributed by atoms with Crippen LogP contribution in [0.1, 0.15) is 5.56 Å². The summed E-state index contributed by atoms with van der Waals surface area (Å²) in [5.41, 5.74) is 4.68. The van der Waals surface area contributed by atoms with Crippen molar-refractivity contribution in [3.63, 3.8) is 0 Å². The molecule has 1 heterocycles. The Kier molecular flexibility index (Phi) is 5.26. The number of fused-ring (bicyclic) bond motifs is 2. The molecule has 0 fully saturated rings. The number of amides is 1. The summed E-state index contributed by atoms with van der Waals surface area (Å²) in [5.74, 6) is -0.176. The van der Waals surface area contributed by atoms with Gasteiger partial charge in [-0.15, -0.1) is 0 Å². The first kappa shape index (κ1) is 18.7. The second-order valence-corrected chi connectivity index (χ2v) is 7.26. The van der Waals surface area contributed by atoms with Crippen molar-refractivity contribution in [2.75, 3.05) is 11.4 Å². The predicted molar refractivity (Wildman–Crippen MR) is 113 cm³/mol. The van der Waals surface area contributed by atoms with E-state index in [9.17, 15) is 14.9 Å². The number of carbonyl (C=O) groups excluding carboxylic acids is 1. The van der Waals surface area contributed by atoms with E-state index in [1.807, 2.05) is 48.5 Å². The van der Waals surface area contributed by atoms with Crippen molar-refractivity contribution < 1.29 is 9.72 Å². The van der Waals surface area contributed by atoms with Gasteiger partial charge in [-0.2, -0.15) is 5.10 Å². The van der Waals surface area contributed by atoms with Gasteiger partial charge in [0.1, 0.15) is 6.54 Å². The molecule has 0 atom stereocenters. The molecule has 0 bridgehead atoms. The number of hydrogen-bond acceptors (Lipinski definition) is 6. The summed E-state index contributed by atoms with van der Waals surface area (Å²) in [6, 6.07) is 21.8. The summed E-state index contributed by atoms with van der Waals surface area (Å²) >= 11 is 1.63. The Balaban J connectivity index is 1.52. The molecule has 1 aliphatic rings. The van der Waals surface area contributed by atoms with Gasteiger partial charge in [0.05, 0.1) is 28.1 Å². The van der Waals surface area contributed by atoms with Gasteiger partial charge in [0.25, 0.3) is 11.6 Å². The van der Waals surface area contributed by atoms with Crippen LogP contribution in [-0.2, 0) is 4.79 Å². The highest BCUT2D eigenvalue weighted by atomic mass is 32.2. The molecule has 0 spiro atoms. The molecule has 1 N–H and O–H groups in total. The van der Waals surface area contributed by atoms with Gasteiger partial charge in [-0.1, -0.05) is 48.2 Å². The highest BCUT2D eigenvalue weighted by molar-refractivity contribution is 7.99. The van der Waals surface area contributed by atoms with Gasteiger partial charge in [-0.05, 0) is 30.3 Å². The van der Waals surface area contributed by atoms with Crippen LogP contribution < -0.4 is 10.3 Å². The molecular weight excluding hydrogens is 388 g/mol. The van der Waals surface area contributed by atoms with Crippen molar-refractivity contribution in [1.82, 2.24) is 5.43 Å². The van der Waals surface area contributed by atoms with Crippen molar-refractivity contribution in [1.29, 1.82) is 0 Å². The number of para-hydroxylation sites is 3. The van der Waals surface area contributed by atoms with Crippen LogP contribution >= 0.6 is 11.8 Å². The molecule has 0 unspecified atom stereocenters. The van der Waals surface area contributed by atoms with Crippen LogP contribution in [0.5, 0.6) is 0 Å². The molecule has 8 heteroatoms. The largest absolute Gasteiger partial charge is 0.301 e. The molecule has 4 rings (SSSR count). The average molecular weight is 404 g/mol. The Hall–Kier alpha value is -3.65. The van der Waals surface area contributed by atoms with Gasteiger partial charge in [-0.25, -0.2) is 0 Å². The second kappa shape index (κ2) is 8.15. The molecule has 144 valence electrons. The Bertz CT molecular complexity index is 1070. The molecule has 1 aliphatic heterocycles. The number of benzene rings is 3. The third kappa shape index (κ3) is 3.83. The zero-order valence-electron chi connectivity index (χ0n) is 15.2. The topological polar surface area (TPSA) is 87.8 Å². The van der Waals surface area contributed by atoms with Gasteiger partial charge in [0.15, 0.2) is 0 Å². The zero-order chi connectivity index (χ0) is 20.2. The van der Waals surface area contributed by atoms with Crippen LogP contribution in [0.2, 0.25) is 0 Å². The normalized spacial score (nSPS) is 12.3. The van der Waals surface area contributed by atoms with Gasteiger partial charge >= 0.3 is 0 Å². The number of nitrogens with one attached hydrogen (secondary N) is 1. The quantitative estimate of drug-likeness (QED) is 0.388. The zero-order valence-corrected chi connectivity index (χ0v) is 16.0. The third-order valence-electron chi connectivity index (χ3n) is 4.34. The SMILES string of the molecule is O=C(CN/N=C/c1ccccc1[N+](=O)[O-])N1c2ccccc2Sc2ccccc21. The second-order valence-electron chi connectivity index (χ2n) is 6.18. The number of anilines is 2. The van der Waals surface area contributed by atoms with Crippen LogP contribution in [0.15, 0.2) is 87.7 Å². The maximum absolute atomic E-state index is 13.0. The first-order chi connectivity index (χ1) is 14.1. The summed E-state index contributed by atoms with van der Waals surface area (Å²) in [4.78, 5) is 27.3. The van der Waals surface area contributed by atoms with Crippen molar-refractivity contribution in [3.8, 4) is 0 Å². The van der Waals surface area contributed by atoms with Crippen LogP contribution in [0.3, 0.4) is 0 Å². The molecule has 0 aliphatic carbocycles. The summed E-state index contributed by atoms with van der Waals surface area (Å²) in [5, 5.41) is 15.1. The minimum atomic E-state index is -0.467. The lowest BCUT2D eigenvalue weighted by atomic mass is 10.2. The van der Waals surface area contributed by atoms with E-state index < -0.39 is 4.92 Å². The van der Waals surface area contributed by atoms with E-state index in [0.29, 0.717) is 5.56 Å². The maximum Gasteiger partial charge on any atom is 0.278 e. The molecule has 0 saturated carbocycles. The van der Waals surface area contributed by atoms with E-state index in [2.05, 4.69) is 10.5 Å². The van der Waals surface area contributed by atoms with Crippen LogP contribution in [0.4, 0.5) is 17.1 Å². The minimum Gasteiger partial charge on any atom is -0.301 e. The smallest absolute Gasteiger partial charge is 0.278 e. The van der Waals surface area contributed by atoms with E-state index in [-0.39, 0.29) is 18.1 Å². The number of rotatable bonds is 5. The lowest BCUT2D eigenvalue weighted by molar-refractivity contribution is -0.385. The lowest BCUT2D eigenvalue weighted by Crippen LogP contribution is -2.35. The highest BCUT2D eigenvalue weighted by Gasteiger charge is 2.27. The van der Waals surface area contributed by atoms with Gasteiger partial charge in [0.2, 0.25) is 0 Å².